The van der Waals surface area contributed by atoms with Crippen molar-refractivity contribution in [1.82, 2.24) is 9.78 Å². The van der Waals surface area contributed by atoms with Crippen molar-refractivity contribution >= 4 is 28.9 Å². The average molecular weight is 625 g/mol. The van der Waals surface area contributed by atoms with Gasteiger partial charge >= 0.3 is 5.97 Å². The van der Waals surface area contributed by atoms with Crippen molar-refractivity contribution in [2.75, 3.05) is 19.0 Å². The lowest BCUT2D eigenvalue weighted by Gasteiger charge is -2.60. The molecule has 5 aliphatic rings. The minimum Gasteiger partial charge on any atom is -0.448 e. The Morgan fingerprint density at radius 2 is 2.00 bits per heavy atom. The summed E-state index contributed by atoms with van der Waals surface area (Å²) in [6, 6.07) is 6.35. The van der Waals surface area contributed by atoms with Crippen molar-refractivity contribution in [3.63, 3.8) is 0 Å². The van der Waals surface area contributed by atoms with Gasteiger partial charge in [0.2, 0.25) is 5.12 Å². The Hall–Kier alpha value is -2.53. The number of benzene rings is 1. The molecule has 2 aromatic rings. The Morgan fingerprint density at radius 3 is 2.73 bits per heavy atom. The molecule has 2 N–H and O–H groups in total. The Bertz CT molecular complexity index is 1490. The van der Waals surface area contributed by atoms with Crippen LogP contribution in [0.1, 0.15) is 70.1 Å². The lowest BCUT2D eigenvalue weighted by molar-refractivity contribution is -0.202. The summed E-state index contributed by atoms with van der Waals surface area (Å²) in [5.74, 6) is -0.325. The number of allylic oxidation sites excluding steroid dienone is 1. The summed E-state index contributed by atoms with van der Waals surface area (Å²) in [6.07, 6.45) is 8.08. The number of aliphatic hydroxyl groups is 2. The number of aliphatic hydroxyl groups excluding tert-OH is 2. The van der Waals surface area contributed by atoms with E-state index in [1.54, 1.807) is 12.1 Å². The lowest BCUT2D eigenvalue weighted by atomic mass is 9.45. The van der Waals surface area contributed by atoms with Gasteiger partial charge in [0.15, 0.2) is 11.7 Å². The summed E-state index contributed by atoms with van der Waals surface area (Å²) in [6.45, 7) is 4.67. The van der Waals surface area contributed by atoms with Crippen LogP contribution >= 0.6 is 11.8 Å². The number of nitrogens with zero attached hydrogens (tertiary/aromatic N) is 2. The molecule has 8 atom stereocenters. The van der Waals surface area contributed by atoms with Crippen LogP contribution in [0.2, 0.25) is 0 Å². The molecule has 1 aromatic heterocycles. The highest BCUT2D eigenvalue weighted by atomic mass is 32.2. The third kappa shape index (κ3) is 4.46. The lowest BCUT2D eigenvalue weighted by Crippen LogP contribution is -2.63. The van der Waals surface area contributed by atoms with Crippen LogP contribution in [0.4, 0.5) is 4.39 Å². The van der Waals surface area contributed by atoms with Gasteiger partial charge in [0.05, 0.1) is 30.3 Å². The Balaban J connectivity index is 1.21. The molecule has 1 unspecified atom stereocenters. The van der Waals surface area contributed by atoms with Crippen molar-refractivity contribution in [2.45, 2.75) is 83.0 Å². The van der Waals surface area contributed by atoms with Crippen LogP contribution in [0.25, 0.3) is 11.8 Å². The van der Waals surface area contributed by atoms with Gasteiger partial charge in [-0.25, -0.2) is 13.9 Å². The predicted molar refractivity (Wildman–Crippen MR) is 163 cm³/mol. The Labute approximate surface area is 261 Å². The molecule has 236 valence electrons. The fourth-order valence-electron chi connectivity index (χ4n) is 9.76. The van der Waals surface area contributed by atoms with Crippen LogP contribution in [0.3, 0.4) is 0 Å². The number of fused-ring (bicyclic) bond motifs is 6. The van der Waals surface area contributed by atoms with Gasteiger partial charge in [-0.15, -0.1) is 0 Å². The second-order valence-electron chi connectivity index (χ2n) is 13.9. The van der Waals surface area contributed by atoms with E-state index in [0.29, 0.717) is 25.9 Å². The van der Waals surface area contributed by atoms with Crippen LogP contribution in [0.15, 0.2) is 36.0 Å². The molecule has 4 fully saturated rings. The molecule has 1 aromatic carbocycles. The van der Waals surface area contributed by atoms with E-state index in [1.165, 1.54) is 17.7 Å². The van der Waals surface area contributed by atoms with Gasteiger partial charge in [0.25, 0.3) is 0 Å². The fourth-order valence-corrected chi connectivity index (χ4v) is 10.6. The highest BCUT2D eigenvalue weighted by molar-refractivity contribution is 8.13. The van der Waals surface area contributed by atoms with E-state index in [2.05, 4.69) is 18.1 Å². The first-order valence-electron chi connectivity index (χ1n) is 16.0. The van der Waals surface area contributed by atoms with Crippen LogP contribution in [0, 0.1) is 34.4 Å². The maximum atomic E-state index is 14.0. The molecule has 0 amide bonds. The largest absolute Gasteiger partial charge is 0.448 e. The maximum absolute atomic E-state index is 14.0. The third-order valence-corrected chi connectivity index (χ3v) is 12.7. The summed E-state index contributed by atoms with van der Waals surface area (Å²) in [5, 5.41) is 26.1. The Kier molecular flexibility index (Phi) is 7.58. The van der Waals surface area contributed by atoms with Crippen LogP contribution in [0.5, 0.6) is 0 Å². The molecule has 44 heavy (non-hydrogen) atoms. The highest BCUT2D eigenvalue weighted by Gasteiger charge is 2.71. The fraction of sp³-hybridized carbons (Fsp3) is 0.618. The third-order valence-electron chi connectivity index (χ3n) is 11.7. The molecule has 2 heterocycles. The summed E-state index contributed by atoms with van der Waals surface area (Å²) in [5.41, 5.74) is 1.79. The quantitative estimate of drug-likeness (QED) is 0.438. The number of thioether (sulfide) groups is 1. The SMILES string of the molecule is C[C@]12Cc3cnn(-c4ccc(F)cc4)c3C=C1CC[C@@H]1[C@@H]2[C@@H](O)C[C@@]2(C)[C@H]1CC[C@]2(OC(=O)C1CCCO1)C(=O)SCCO. The van der Waals surface area contributed by atoms with Gasteiger partial charge in [-0.3, -0.25) is 4.79 Å². The number of aromatic nitrogens is 2. The molecule has 0 bridgehead atoms. The van der Waals surface area contributed by atoms with E-state index in [1.807, 2.05) is 17.8 Å². The molecule has 0 spiro atoms. The molecule has 7 rings (SSSR count). The van der Waals surface area contributed by atoms with E-state index in [-0.39, 0.29) is 46.5 Å². The zero-order valence-electron chi connectivity index (χ0n) is 25.3. The Morgan fingerprint density at radius 1 is 1.20 bits per heavy atom. The van der Waals surface area contributed by atoms with Gasteiger partial charge < -0.3 is 19.7 Å². The van der Waals surface area contributed by atoms with E-state index in [4.69, 9.17) is 9.47 Å². The normalized spacial score (nSPS) is 37.4. The zero-order chi connectivity index (χ0) is 30.9. The number of ether oxygens (including phenoxy) is 2. The van der Waals surface area contributed by atoms with Crippen LogP contribution in [-0.2, 0) is 25.5 Å². The molecule has 8 nitrogen and oxygen atoms in total. The summed E-state index contributed by atoms with van der Waals surface area (Å²) in [7, 11) is 0. The monoisotopic (exact) mass is 624 g/mol. The van der Waals surface area contributed by atoms with Crippen molar-refractivity contribution < 1.29 is 33.7 Å². The van der Waals surface area contributed by atoms with Gasteiger partial charge in [-0.05, 0) is 110 Å². The van der Waals surface area contributed by atoms with Crippen molar-refractivity contribution in [3.8, 4) is 5.69 Å². The first kappa shape index (κ1) is 30.1. The molecule has 1 aliphatic heterocycles. The minimum absolute atomic E-state index is 0.0206. The summed E-state index contributed by atoms with van der Waals surface area (Å²) >= 11 is 1.03. The second-order valence-corrected chi connectivity index (χ2v) is 14.9. The summed E-state index contributed by atoms with van der Waals surface area (Å²) in [4.78, 5) is 27.4. The second kappa shape index (κ2) is 11.1. The van der Waals surface area contributed by atoms with E-state index < -0.39 is 29.2 Å². The maximum Gasteiger partial charge on any atom is 0.336 e. The molecule has 10 heteroatoms. The van der Waals surface area contributed by atoms with Gasteiger partial charge in [0, 0.05) is 17.8 Å². The zero-order valence-corrected chi connectivity index (χ0v) is 26.2. The molecule has 0 radical (unpaired) electrons. The molecular weight excluding hydrogens is 583 g/mol. The number of carbonyl (C=O) groups excluding carboxylic acids is 2. The van der Waals surface area contributed by atoms with Crippen molar-refractivity contribution in [3.05, 3.63) is 53.1 Å². The van der Waals surface area contributed by atoms with Gasteiger partial charge in [-0.2, -0.15) is 5.10 Å². The van der Waals surface area contributed by atoms with Crippen molar-refractivity contribution in [2.24, 2.45) is 28.6 Å². The standard InChI is InChI=1S/C34H41FN2O6S/c1-32-17-20-19-36-37(23-8-6-22(35)7-9-23)26(20)16-21(32)5-10-24-25-11-12-34(31(41)44-15-13-38,33(25,2)18-27(39)29(24)32)43-30(40)28-4-3-14-42-28/h6-9,16,19,24-25,27-29,38-39H,3-5,10-15,17-18H2,1-2H3/t24-,25-,27-,28?,29+,32-,33-,34-/m0/s1. The first-order chi connectivity index (χ1) is 21.1. The van der Waals surface area contributed by atoms with E-state index >= 15 is 0 Å². The van der Waals surface area contributed by atoms with E-state index in [9.17, 15) is 24.2 Å². The van der Waals surface area contributed by atoms with Crippen LogP contribution in [-0.4, -0.2) is 67.9 Å². The number of rotatable bonds is 6. The average Bonchev–Trinajstić information content (AvgIpc) is 3.73. The van der Waals surface area contributed by atoms with Crippen LogP contribution < -0.4 is 0 Å². The molecule has 1 saturated heterocycles. The number of esters is 1. The number of hydrogen-bond acceptors (Lipinski definition) is 8. The predicted octanol–water partition coefficient (Wildman–Crippen LogP) is 4.88. The topological polar surface area (TPSA) is 111 Å². The van der Waals surface area contributed by atoms with E-state index in [0.717, 1.165) is 60.8 Å². The van der Waals surface area contributed by atoms with Gasteiger partial charge in [0.1, 0.15) is 5.82 Å². The molecule has 4 aliphatic carbocycles. The number of carbonyl (C=O) groups is 2. The molecule has 3 saturated carbocycles. The smallest absolute Gasteiger partial charge is 0.336 e. The summed E-state index contributed by atoms with van der Waals surface area (Å²) < 4.78 is 27.4. The first-order valence-corrected chi connectivity index (χ1v) is 16.9. The highest BCUT2D eigenvalue weighted by Crippen LogP contribution is 2.69. The minimum atomic E-state index is -1.38. The molecular formula is C34H41FN2O6S. The number of halogens is 1. The van der Waals surface area contributed by atoms with Crippen molar-refractivity contribution in [1.29, 1.82) is 0 Å². The number of hydrogen-bond donors (Lipinski definition) is 2. The van der Waals surface area contributed by atoms with Gasteiger partial charge in [-0.1, -0.05) is 31.2 Å².